The van der Waals surface area contributed by atoms with Gasteiger partial charge in [-0.2, -0.15) is 4.99 Å². The van der Waals surface area contributed by atoms with E-state index in [1.54, 1.807) is 0 Å². The zero-order valence-corrected chi connectivity index (χ0v) is 11.3. The molecule has 0 aromatic carbocycles. The number of rotatable bonds is 3. The summed E-state index contributed by atoms with van der Waals surface area (Å²) in [6.07, 6.45) is 1.01. The number of hydrogen-bond donors (Lipinski definition) is 3. The van der Waals surface area contributed by atoms with E-state index in [9.17, 15) is 0 Å². The van der Waals surface area contributed by atoms with E-state index in [0.29, 0.717) is 18.0 Å². The largest absolute Gasteiger partial charge is 0.359 e. The maximum absolute atomic E-state index is 4.51. The van der Waals surface area contributed by atoms with Crippen LogP contribution in [0.2, 0.25) is 0 Å². The Morgan fingerprint density at radius 2 is 1.69 bits per heavy atom. The van der Waals surface area contributed by atoms with Gasteiger partial charge in [-0.05, 0) is 27.2 Å². The summed E-state index contributed by atoms with van der Waals surface area (Å²) in [5.41, 5.74) is 0. The second-order valence-corrected chi connectivity index (χ2v) is 3.97. The van der Waals surface area contributed by atoms with Crippen LogP contribution in [0, 0.1) is 0 Å². The molecule has 0 radical (unpaired) electrons. The van der Waals surface area contributed by atoms with Gasteiger partial charge < -0.3 is 16.0 Å². The Morgan fingerprint density at radius 3 is 2.06 bits per heavy atom. The van der Waals surface area contributed by atoms with Crippen LogP contribution in [0.25, 0.3) is 0 Å². The van der Waals surface area contributed by atoms with Gasteiger partial charge in [0, 0.05) is 20.1 Å². The second-order valence-electron chi connectivity index (χ2n) is 3.97. The minimum Gasteiger partial charge on any atom is -0.359 e. The standard InChI is InChI=1S/C11H25N5/c1-7-9(4)15-11(14-8(2)3)16-10(12-5)13-6/h8-9H,7H2,1-6H3,(H3,12,13,14,15,16). The molecule has 0 rings (SSSR count). The molecule has 0 bridgehead atoms. The Hall–Kier alpha value is -1.26. The summed E-state index contributed by atoms with van der Waals surface area (Å²) in [7, 11) is 3.65. The summed E-state index contributed by atoms with van der Waals surface area (Å²) in [5, 5.41) is 9.16. The molecular formula is C11H25N5. The molecular weight excluding hydrogens is 202 g/mol. The molecule has 0 aromatic heterocycles. The number of nitrogens with zero attached hydrogens (tertiary/aromatic N) is 2. The van der Waals surface area contributed by atoms with E-state index < -0.39 is 0 Å². The Morgan fingerprint density at radius 1 is 1.12 bits per heavy atom. The first-order chi connectivity index (χ1) is 7.53. The molecule has 0 aliphatic carbocycles. The summed E-state index contributed by atoms with van der Waals surface area (Å²) in [4.78, 5) is 8.88. The quantitative estimate of drug-likeness (QED) is 0.496. The third-order valence-corrected chi connectivity index (χ3v) is 2.04. The molecule has 0 amide bonds. The fraction of sp³-hybridized carbons (Fsp3) is 0.818. The highest BCUT2D eigenvalue weighted by Gasteiger charge is 2.03. The summed E-state index contributed by atoms with van der Waals surface area (Å²) < 4.78 is 0. The van der Waals surface area contributed by atoms with Gasteiger partial charge in [-0.1, -0.05) is 6.92 Å². The minimum absolute atomic E-state index is 0.278. The van der Waals surface area contributed by atoms with E-state index >= 15 is 0 Å². The zero-order chi connectivity index (χ0) is 12.6. The van der Waals surface area contributed by atoms with Gasteiger partial charge in [0.25, 0.3) is 0 Å². The Balaban J connectivity index is 4.79. The highest BCUT2D eigenvalue weighted by Crippen LogP contribution is 1.96. The monoisotopic (exact) mass is 227 g/mol. The smallest absolute Gasteiger partial charge is 0.221 e. The van der Waals surface area contributed by atoms with Crippen molar-refractivity contribution in [2.45, 2.75) is 46.2 Å². The van der Waals surface area contributed by atoms with Crippen molar-refractivity contribution in [3.63, 3.8) is 0 Å². The summed E-state index contributed by atoms with van der Waals surface area (Å²) in [5.74, 6) is 1.37. The number of nitrogens with one attached hydrogen (secondary N) is 3. The summed E-state index contributed by atoms with van der Waals surface area (Å²) in [6, 6.07) is 0.599. The van der Waals surface area contributed by atoms with E-state index in [4.69, 9.17) is 0 Å². The highest BCUT2D eigenvalue weighted by molar-refractivity contribution is 5.94. The SMILES string of the molecule is CCC(C)/N=C(/N=C(NC)NC)NC(C)C. The van der Waals surface area contributed by atoms with Crippen molar-refractivity contribution in [3.05, 3.63) is 0 Å². The molecule has 1 atom stereocenters. The van der Waals surface area contributed by atoms with Crippen LogP contribution < -0.4 is 16.0 Å². The van der Waals surface area contributed by atoms with E-state index in [1.165, 1.54) is 0 Å². The fourth-order valence-electron chi connectivity index (χ4n) is 0.999. The first-order valence-electron chi connectivity index (χ1n) is 5.82. The molecule has 0 heterocycles. The molecule has 3 N–H and O–H groups in total. The predicted octanol–water partition coefficient (Wildman–Crippen LogP) is 0.934. The predicted molar refractivity (Wildman–Crippen MR) is 71.0 cm³/mol. The molecule has 0 aliphatic rings. The van der Waals surface area contributed by atoms with Crippen molar-refractivity contribution < 1.29 is 0 Å². The van der Waals surface area contributed by atoms with Crippen molar-refractivity contribution in [2.24, 2.45) is 9.98 Å². The van der Waals surface area contributed by atoms with E-state index in [2.05, 4.69) is 53.6 Å². The third kappa shape index (κ3) is 6.27. The van der Waals surface area contributed by atoms with Gasteiger partial charge in [0.2, 0.25) is 5.96 Å². The van der Waals surface area contributed by atoms with Gasteiger partial charge in [-0.15, -0.1) is 0 Å². The number of hydrogen-bond acceptors (Lipinski definition) is 1. The van der Waals surface area contributed by atoms with Crippen LogP contribution in [-0.4, -0.2) is 38.1 Å². The van der Waals surface area contributed by atoms with Gasteiger partial charge in [-0.25, -0.2) is 4.99 Å². The van der Waals surface area contributed by atoms with Crippen LogP contribution in [0.3, 0.4) is 0 Å². The number of aliphatic imine (C=N–C) groups is 2. The van der Waals surface area contributed by atoms with Gasteiger partial charge in [0.05, 0.1) is 6.04 Å². The Labute approximate surface area is 98.8 Å². The molecule has 0 saturated heterocycles. The van der Waals surface area contributed by atoms with Gasteiger partial charge in [0.1, 0.15) is 0 Å². The molecule has 16 heavy (non-hydrogen) atoms. The minimum atomic E-state index is 0.278. The normalized spacial score (nSPS) is 13.3. The van der Waals surface area contributed by atoms with Crippen LogP contribution in [0.15, 0.2) is 9.98 Å². The van der Waals surface area contributed by atoms with E-state index in [-0.39, 0.29) is 6.04 Å². The fourth-order valence-corrected chi connectivity index (χ4v) is 0.999. The van der Waals surface area contributed by atoms with Crippen LogP contribution in [0.4, 0.5) is 0 Å². The first kappa shape index (κ1) is 14.7. The van der Waals surface area contributed by atoms with Crippen molar-refractivity contribution in [2.75, 3.05) is 14.1 Å². The molecule has 0 aliphatic heterocycles. The molecule has 5 heteroatoms. The maximum Gasteiger partial charge on any atom is 0.221 e. The second kappa shape index (κ2) is 7.96. The summed E-state index contributed by atoms with van der Waals surface area (Å²) >= 11 is 0. The molecule has 1 unspecified atom stereocenters. The first-order valence-corrected chi connectivity index (χ1v) is 5.82. The lowest BCUT2D eigenvalue weighted by Crippen LogP contribution is -2.37. The third-order valence-electron chi connectivity index (χ3n) is 2.04. The van der Waals surface area contributed by atoms with Gasteiger partial charge in [0.15, 0.2) is 5.96 Å². The molecule has 5 nitrogen and oxygen atoms in total. The van der Waals surface area contributed by atoms with Crippen molar-refractivity contribution in [1.29, 1.82) is 0 Å². The number of guanidine groups is 2. The molecule has 0 aromatic rings. The van der Waals surface area contributed by atoms with Gasteiger partial charge >= 0.3 is 0 Å². The zero-order valence-electron chi connectivity index (χ0n) is 11.3. The summed E-state index contributed by atoms with van der Waals surface area (Å²) in [6.45, 7) is 8.33. The van der Waals surface area contributed by atoms with Crippen molar-refractivity contribution in [3.8, 4) is 0 Å². The van der Waals surface area contributed by atoms with Crippen molar-refractivity contribution >= 4 is 11.9 Å². The van der Waals surface area contributed by atoms with Crippen LogP contribution >= 0.6 is 0 Å². The van der Waals surface area contributed by atoms with E-state index in [1.807, 2.05) is 14.1 Å². The average Bonchev–Trinajstić information content (AvgIpc) is 2.24. The lowest BCUT2D eigenvalue weighted by molar-refractivity contribution is 0.682. The Kier molecular flexibility index (Phi) is 7.33. The van der Waals surface area contributed by atoms with Gasteiger partial charge in [-0.3, -0.25) is 0 Å². The lowest BCUT2D eigenvalue weighted by Gasteiger charge is -2.13. The maximum atomic E-state index is 4.51. The highest BCUT2D eigenvalue weighted by atomic mass is 15.2. The van der Waals surface area contributed by atoms with Crippen LogP contribution in [0.5, 0.6) is 0 Å². The van der Waals surface area contributed by atoms with Crippen LogP contribution in [-0.2, 0) is 0 Å². The topological polar surface area (TPSA) is 60.8 Å². The lowest BCUT2D eigenvalue weighted by atomic mass is 10.3. The molecule has 0 fully saturated rings. The van der Waals surface area contributed by atoms with Crippen LogP contribution in [0.1, 0.15) is 34.1 Å². The molecule has 94 valence electrons. The Bertz CT molecular complexity index is 239. The molecule has 0 saturated carbocycles. The molecule has 0 spiro atoms. The van der Waals surface area contributed by atoms with Crippen molar-refractivity contribution in [1.82, 2.24) is 16.0 Å². The van der Waals surface area contributed by atoms with E-state index in [0.717, 1.165) is 6.42 Å². The average molecular weight is 227 g/mol.